The smallest absolute Gasteiger partial charge is 0.199 e. The monoisotopic (exact) mass is 391 g/mol. The maximum absolute atomic E-state index is 14.2. The molecule has 0 fully saturated rings. The van der Waals surface area contributed by atoms with Crippen LogP contribution < -0.4 is 9.47 Å². The summed E-state index contributed by atoms with van der Waals surface area (Å²) >= 11 is 5.23. The maximum Gasteiger partial charge on any atom is 0.199 e. The van der Waals surface area contributed by atoms with Crippen LogP contribution in [0.3, 0.4) is 0 Å². The van der Waals surface area contributed by atoms with Gasteiger partial charge in [0, 0.05) is 12.5 Å². The second-order valence-corrected chi connectivity index (χ2v) is 6.09. The molecule has 1 N–H and O–H groups in total. The number of benzene rings is 2. The molecule has 0 aliphatic heterocycles. The molecule has 0 amide bonds. The van der Waals surface area contributed by atoms with Crippen LogP contribution in [-0.4, -0.2) is 28.0 Å². The third-order valence-electron chi connectivity index (χ3n) is 3.86. The van der Waals surface area contributed by atoms with E-state index >= 15 is 0 Å². The van der Waals surface area contributed by atoms with Gasteiger partial charge < -0.3 is 9.47 Å². The predicted octanol–water partition coefficient (Wildman–Crippen LogP) is 4.60. The summed E-state index contributed by atoms with van der Waals surface area (Å²) in [5.41, 5.74) is 1.03. The number of rotatable bonds is 7. The Balaban J connectivity index is 1.97. The van der Waals surface area contributed by atoms with Crippen LogP contribution in [-0.2, 0) is 6.42 Å². The zero-order chi connectivity index (χ0) is 19.4. The van der Waals surface area contributed by atoms with Crippen molar-refractivity contribution in [2.45, 2.75) is 20.3 Å². The van der Waals surface area contributed by atoms with E-state index in [1.807, 2.05) is 32.0 Å². The first-order chi connectivity index (χ1) is 13.0. The average Bonchev–Trinajstić information content (AvgIpc) is 2.98. The third kappa shape index (κ3) is 4.16. The Labute approximate surface area is 160 Å². The average molecular weight is 391 g/mol. The van der Waals surface area contributed by atoms with E-state index in [0.29, 0.717) is 37.0 Å². The van der Waals surface area contributed by atoms with Crippen LogP contribution in [0.15, 0.2) is 36.4 Å². The van der Waals surface area contributed by atoms with Crippen LogP contribution in [0, 0.1) is 16.4 Å². The molecule has 3 rings (SSSR count). The molecular formula is C19H19F2N3O2S. The van der Waals surface area contributed by atoms with Crippen LogP contribution in [0.1, 0.15) is 25.2 Å². The number of ether oxygens (including phenoxy) is 2. The summed E-state index contributed by atoms with van der Waals surface area (Å²) in [6.45, 7) is 4.83. The summed E-state index contributed by atoms with van der Waals surface area (Å²) in [5.74, 6) is 0.422. The molecule has 2 aromatic carbocycles. The molecule has 0 saturated carbocycles. The van der Waals surface area contributed by atoms with Gasteiger partial charge in [-0.1, -0.05) is 6.07 Å². The minimum atomic E-state index is -0.713. The van der Waals surface area contributed by atoms with Gasteiger partial charge in [-0.2, -0.15) is 5.10 Å². The molecule has 0 spiro atoms. The van der Waals surface area contributed by atoms with E-state index in [-0.39, 0.29) is 10.5 Å². The second-order valence-electron chi connectivity index (χ2n) is 5.70. The van der Waals surface area contributed by atoms with E-state index in [1.165, 1.54) is 16.7 Å². The summed E-state index contributed by atoms with van der Waals surface area (Å²) in [7, 11) is 0. The number of hydrogen-bond donors (Lipinski definition) is 1. The van der Waals surface area contributed by atoms with Crippen molar-refractivity contribution in [1.29, 1.82) is 0 Å². The highest BCUT2D eigenvalue weighted by molar-refractivity contribution is 7.71. The van der Waals surface area contributed by atoms with Crippen molar-refractivity contribution in [1.82, 2.24) is 14.8 Å². The Kier molecular flexibility index (Phi) is 5.85. The number of hydrogen-bond acceptors (Lipinski definition) is 4. The first kappa shape index (κ1) is 19.0. The Morgan fingerprint density at radius 3 is 2.48 bits per heavy atom. The topological polar surface area (TPSA) is 52.1 Å². The molecule has 0 atom stereocenters. The van der Waals surface area contributed by atoms with Crippen molar-refractivity contribution in [2.75, 3.05) is 13.2 Å². The molecule has 142 valence electrons. The molecule has 1 aromatic heterocycles. The minimum Gasteiger partial charge on any atom is -0.490 e. The third-order valence-corrected chi connectivity index (χ3v) is 4.14. The SMILES string of the molecule is CCOc1ccc(Cc2n[nH]c(=S)n2-c2ccc(F)cc2F)cc1OCC. The van der Waals surface area contributed by atoms with Crippen molar-refractivity contribution in [3.8, 4) is 17.2 Å². The Morgan fingerprint density at radius 2 is 1.78 bits per heavy atom. The summed E-state index contributed by atoms with van der Waals surface area (Å²) in [5, 5.41) is 6.87. The number of aromatic nitrogens is 3. The molecule has 5 nitrogen and oxygen atoms in total. The lowest BCUT2D eigenvalue weighted by Gasteiger charge is -2.13. The highest BCUT2D eigenvalue weighted by Gasteiger charge is 2.15. The van der Waals surface area contributed by atoms with Crippen LogP contribution in [0.5, 0.6) is 11.5 Å². The van der Waals surface area contributed by atoms with Gasteiger partial charge in [0.05, 0.1) is 18.9 Å². The summed E-state index contributed by atoms with van der Waals surface area (Å²) in [6.07, 6.45) is 0.371. The van der Waals surface area contributed by atoms with E-state index in [0.717, 1.165) is 11.6 Å². The number of nitrogens with zero attached hydrogens (tertiary/aromatic N) is 2. The molecular weight excluding hydrogens is 372 g/mol. The van der Waals surface area contributed by atoms with Crippen molar-refractivity contribution < 1.29 is 18.3 Å². The van der Waals surface area contributed by atoms with Gasteiger partial charge in [0.1, 0.15) is 17.5 Å². The van der Waals surface area contributed by atoms with Crippen LogP contribution in [0.4, 0.5) is 8.78 Å². The fraction of sp³-hybridized carbons (Fsp3) is 0.263. The van der Waals surface area contributed by atoms with Crippen LogP contribution in [0.25, 0.3) is 5.69 Å². The lowest BCUT2D eigenvalue weighted by atomic mass is 10.1. The van der Waals surface area contributed by atoms with E-state index in [4.69, 9.17) is 21.7 Å². The van der Waals surface area contributed by atoms with Gasteiger partial charge in [-0.3, -0.25) is 9.67 Å². The quantitative estimate of drug-likeness (QED) is 0.598. The molecule has 3 aromatic rings. The zero-order valence-electron chi connectivity index (χ0n) is 15.0. The largest absolute Gasteiger partial charge is 0.490 e. The number of nitrogens with one attached hydrogen (secondary N) is 1. The second kappa shape index (κ2) is 8.30. The van der Waals surface area contributed by atoms with Gasteiger partial charge in [0.25, 0.3) is 0 Å². The number of halogens is 2. The highest BCUT2D eigenvalue weighted by Crippen LogP contribution is 2.29. The molecule has 1 heterocycles. The molecule has 0 bridgehead atoms. The molecule has 0 aliphatic rings. The molecule has 0 saturated heterocycles. The van der Waals surface area contributed by atoms with Crippen molar-refractivity contribution in [3.05, 3.63) is 64.2 Å². The Hall–Kier alpha value is -2.74. The first-order valence-electron chi connectivity index (χ1n) is 8.53. The van der Waals surface area contributed by atoms with E-state index in [2.05, 4.69) is 10.2 Å². The minimum absolute atomic E-state index is 0.140. The highest BCUT2D eigenvalue weighted by atomic mass is 32.1. The molecule has 0 radical (unpaired) electrons. The fourth-order valence-electron chi connectivity index (χ4n) is 2.75. The van der Waals surface area contributed by atoms with Crippen molar-refractivity contribution in [2.24, 2.45) is 0 Å². The molecule has 27 heavy (non-hydrogen) atoms. The standard InChI is InChI=1S/C19H19F2N3O2S/c1-3-25-16-8-5-12(9-17(16)26-4-2)10-18-22-23-19(27)24(18)15-7-6-13(20)11-14(15)21/h5-9,11H,3-4,10H2,1-2H3,(H,23,27). The zero-order valence-corrected chi connectivity index (χ0v) is 15.8. The fourth-order valence-corrected chi connectivity index (χ4v) is 3.00. The lowest BCUT2D eigenvalue weighted by Crippen LogP contribution is -2.06. The lowest BCUT2D eigenvalue weighted by molar-refractivity contribution is 0.287. The van der Waals surface area contributed by atoms with E-state index in [1.54, 1.807) is 0 Å². The van der Waals surface area contributed by atoms with Gasteiger partial charge in [-0.25, -0.2) is 8.78 Å². The number of H-pyrrole nitrogens is 1. The molecule has 8 heteroatoms. The summed E-state index contributed by atoms with van der Waals surface area (Å²) < 4.78 is 40.4. The van der Waals surface area contributed by atoms with Crippen molar-refractivity contribution in [3.63, 3.8) is 0 Å². The molecule has 0 unspecified atom stereocenters. The van der Waals surface area contributed by atoms with Gasteiger partial charge in [-0.05, 0) is 55.9 Å². The Morgan fingerprint density at radius 1 is 1.04 bits per heavy atom. The van der Waals surface area contributed by atoms with E-state index < -0.39 is 11.6 Å². The van der Waals surface area contributed by atoms with E-state index in [9.17, 15) is 8.78 Å². The summed E-state index contributed by atoms with van der Waals surface area (Å²) in [4.78, 5) is 0. The van der Waals surface area contributed by atoms with Crippen molar-refractivity contribution >= 4 is 12.2 Å². The normalized spacial score (nSPS) is 10.8. The van der Waals surface area contributed by atoms with Gasteiger partial charge in [-0.15, -0.1) is 0 Å². The van der Waals surface area contributed by atoms with Crippen LogP contribution >= 0.6 is 12.2 Å². The van der Waals surface area contributed by atoms with Gasteiger partial charge in [0.2, 0.25) is 0 Å². The maximum atomic E-state index is 14.2. The first-order valence-corrected chi connectivity index (χ1v) is 8.94. The van der Waals surface area contributed by atoms with Gasteiger partial charge >= 0.3 is 0 Å². The van der Waals surface area contributed by atoms with Crippen LogP contribution in [0.2, 0.25) is 0 Å². The molecule has 0 aliphatic carbocycles. The Bertz CT molecular complexity index is 1000. The number of aromatic amines is 1. The summed E-state index contributed by atoms with van der Waals surface area (Å²) in [6, 6.07) is 8.91. The predicted molar refractivity (Wildman–Crippen MR) is 100 cm³/mol. The van der Waals surface area contributed by atoms with Gasteiger partial charge in [0.15, 0.2) is 16.3 Å².